The molecular formula is C11H12N2O3. The molecule has 0 saturated heterocycles. The molecule has 1 aliphatic rings. The van der Waals surface area contributed by atoms with Crippen molar-refractivity contribution in [3.63, 3.8) is 0 Å². The molecule has 3 N–H and O–H groups in total. The highest BCUT2D eigenvalue weighted by molar-refractivity contribution is 5.82. The summed E-state index contributed by atoms with van der Waals surface area (Å²) in [5.41, 5.74) is 7.10. The molecule has 1 atom stereocenters. The molecule has 2 rings (SSSR count). The third-order valence-corrected chi connectivity index (χ3v) is 2.82. The van der Waals surface area contributed by atoms with Gasteiger partial charge in [-0.2, -0.15) is 0 Å². The summed E-state index contributed by atoms with van der Waals surface area (Å²) in [5, 5.41) is 9.03. The average Bonchev–Trinajstić information content (AvgIpc) is 2.27. The largest absolute Gasteiger partial charge is 0.480 e. The van der Waals surface area contributed by atoms with Gasteiger partial charge in [0, 0.05) is 13.0 Å². The molecule has 1 unspecified atom stereocenters. The second-order valence-corrected chi connectivity index (χ2v) is 3.79. The van der Waals surface area contributed by atoms with Crippen LogP contribution in [0.4, 0.5) is 4.79 Å². The average molecular weight is 220 g/mol. The van der Waals surface area contributed by atoms with Crippen molar-refractivity contribution < 1.29 is 14.7 Å². The van der Waals surface area contributed by atoms with E-state index in [2.05, 4.69) is 0 Å². The lowest BCUT2D eigenvalue weighted by molar-refractivity contribution is -0.142. The summed E-state index contributed by atoms with van der Waals surface area (Å²) in [4.78, 5) is 23.4. The third-order valence-electron chi connectivity index (χ3n) is 2.82. The predicted octanol–water partition coefficient (Wildman–Crippen LogP) is 0.577. The van der Waals surface area contributed by atoms with E-state index in [1.54, 1.807) is 0 Å². The fourth-order valence-electron chi connectivity index (χ4n) is 1.98. The summed E-state index contributed by atoms with van der Waals surface area (Å²) in [7, 11) is 0. The number of carbonyl (C=O) groups is 2. The minimum atomic E-state index is -1.02. The molecule has 84 valence electrons. The first-order valence-corrected chi connectivity index (χ1v) is 4.95. The Bertz CT molecular complexity index is 404. The summed E-state index contributed by atoms with van der Waals surface area (Å²) >= 11 is 0. The first-order chi connectivity index (χ1) is 7.59. The van der Waals surface area contributed by atoms with Crippen LogP contribution in [0.2, 0.25) is 0 Å². The van der Waals surface area contributed by atoms with E-state index in [0.717, 1.165) is 11.1 Å². The second-order valence-electron chi connectivity index (χ2n) is 3.79. The summed E-state index contributed by atoms with van der Waals surface area (Å²) in [5.74, 6) is -1.02. The quantitative estimate of drug-likeness (QED) is 0.726. The summed E-state index contributed by atoms with van der Waals surface area (Å²) in [6.45, 7) is 0.266. The lowest BCUT2D eigenvalue weighted by Gasteiger charge is -2.32. The minimum absolute atomic E-state index is 0.266. The van der Waals surface area contributed by atoms with E-state index in [0.29, 0.717) is 6.42 Å². The molecular weight excluding hydrogens is 208 g/mol. The zero-order valence-corrected chi connectivity index (χ0v) is 8.59. The van der Waals surface area contributed by atoms with Crippen molar-refractivity contribution in [3.8, 4) is 0 Å². The van der Waals surface area contributed by atoms with E-state index >= 15 is 0 Å². The number of hydrogen-bond acceptors (Lipinski definition) is 2. The van der Waals surface area contributed by atoms with Gasteiger partial charge in [0.25, 0.3) is 0 Å². The van der Waals surface area contributed by atoms with Gasteiger partial charge >= 0.3 is 12.0 Å². The number of hydrogen-bond donors (Lipinski definition) is 2. The zero-order chi connectivity index (χ0) is 11.7. The Morgan fingerprint density at radius 1 is 1.31 bits per heavy atom. The van der Waals surface area contributed by atoms with Crippen molar-refractivity contribution in [2.75, 3.05) is 0 Å². The van der Waals surface area contributed by atoms with Gasteiger partial charge in [-0.25, -0.2) is 9.59 Å². The number of amides is 2. The topological polar surface area (TPSA) is 83.6 Å². The van der Waals surface area contributed by atoms with Gasteiger partial charge in [0.05, 0.1) is 0 Å². The maximum atomic E-state index is 11.2. The Hall–Kier alpha value is -2.04. The fourth-order valence-corrected chi connectivity index (χ4v) is 1.98. The van der Waals surface area contributed by atoms with Crippen LogP contribution in [0.5, 0.6) is 0 Å². The third kappa shape index (κ3) is 1.71. The number of carbonyl (C=O) groups excluding carboxylic acids is 1. The fraction of sp³-hybridized carbons (Fsp3) is 0.273. The lowest BCUT2D eigenvalue weighted by atomic mass is 9.94. The first-order valence-electron chi connectivity index (χ1n) is 4.95. The van der Waals surface area contributed by atoms with Crippen molar-refractivity contribution in [3.05, 3.63) is 35.4 Å². The number of primary amides is 1. The summed E-state index contributed by atoms with van der Waals surface area (Å²) in [6, 6.07) is 5.93. The Labute approximate surface area is 92.5 Å². The first kappa shape index (κ1) is 10.5. The number of fused-ring (bicyclic) bond motifs is 1. The Morgan fingerprint density at radius 2 is 1.94 bits per heavy atom. The van der Waals surface area contributed by atoms with Crippen molar-refractivity contribution >= 4 is 12.0 Å². The van der Waals surface area contributed by atoms with E-state index < -0.39 is 18.0 Å². The van der Waals surface area contributed by atoms with E-state index in [1.807, 2.05) is 24.3 Å². The van der Waals surface area contributed by atoms with Crippen LogP contribution in [-0.2, 0) is 17.8 Å². The standard InChI is InChI=1S/C11H12N2O3/c12-11(16)13-6-8-4-2-1-3-7(8)5-9(13)10(14)15/h1-4,9H,5-6H2,(H2,12,16)(H,14,15). The molecule has 2 amide bonds. The monoisotopic (exact) mass is 220 g/mol. The van der Waals surface area contributed by atoms with Crippen molar-refractivity contribution in [1.82, 2.24) is 4.90 Å². The molecule has 1 aromatic carbocycles. The van der Waals surface area contributed by atoms with Crippen LogP contribution in [0.3, 0.4) is 0 Å². The normalized spacial score (nSPS) is 19.0. The number of aliphatic carboxylic acids is 1. The van der Waals surface area contributed by atoms with E-state index in [1.165, 1.54) is 4.90 Å². The van der Waals surface area contributed by atoms with Gasteiger partial charge < -0.3 is 15.7 Å². The minimum Gasteiger partial charge on any atom is -0.480 e. The van der Waals surface area contributed by atoms with Gasteiger partial charge in [-0.1, -0.05) is 24.3 Å². The van der Waals surface area contributed by atoms with Crippen molar-refractivity contribution in [2.45, 2.75) is 19.0 Å². The summed E-state index contributed by atoms with van der Waals surface area (Å²) < 4.78 is 0. The van der Waals surface area contributed by atoms with Gasteiger partial charge in [-0.05, 0) is 11.1 Å². The second kappa shape index (κ2) is 3.84. The molecule has 16 heavy (non-hydrogen) atoms. The molecule has 1 heterocycles. The molecule has 0 aromatic heterocycles. The van der Waals surface area contributed by atoms with Gasteiger partial charge in [0.2, 0.25) is 0 Å². The van der Waals surface area contributed by atoms with Crippen molar-refractivity contribution in [1.29, 1.82) is 0 Å². The van der Waals surface area contributed by atoms with Crippen LogP contribution in [0.25, 0.3) is 0 Å². The number of benzene rings is 1. The van der Waals surface area contributed by atoms with Crippen LogP contribution < -0.4 is 5.73 Å². The van der Waals surface area contributed by atoms with Gasteiger partial charge in [-0.3, -0.25) is 0 Å². The zero-order valence-electron chi connectivity index (χ0n) is 8.59. The number of urea groups is 1. The number of carboxylic acid groups (broad SMARTS) is 1. The maximum absolute atomic E-state index is 11.2. The van der Waals surface area contributed by atoms with E-state index in [4.69, 9.17) is 10.8 Å². The van der Waals surface area contributed by atoms with Crippen LogP contribution in [0, 0.1) is 0 Å². The van der Waals surface area contributed by atoms with Crippen LogP contribution in [0.15, 0.2) is 24.3 Å². The van der Waals surface area contributed by atoms with Gasteiger partial charge in [0.1, 0.15) is 6.04 Å². The predicted molar refractivity (Wildman–Crippen MR) is 56.7 cm³/mol. The molecule has 0 bridgehead atoms. The number of carboxylic acids is 1. The molecule has 0 saturated carbocycles. The molecule has 0 fully saturated rings. The van der Waals surface area contributed by atoms with Gasteiger partial charge in [0.15, 0.2) is 0 Å². The molecule has 0 radical (unpaired) electrons. The SMILES string of the molecule is NC(=O)N1Cc2ccccc2CC1C(=O)O. The van der Waals surface area contributed by atoms with Gasteiger partial charge in [-0.15, -0.1) is 0 Å². The van der Waals surface area contributed by atoms with Crippen LogP contribution in [-0.4, -0.2) is 28.0 Å². The Balaban J connectivity index is 2.37. The highest BCUT2D eigenvalue weighted by Crippen LogP contribution is 2.22. The van der Waals surface area contributed by atoms with E-state index in [-0.39, 0.29) is 6.54 Å². The Kier molecular flexibility index (Phi) is 2.52. The van der Waals surface area contributed by atoms with Crippen molar-refractivity contribution in [2.24, 2.45) is 5.73 Å². The molecule has 1 aliphatic heterocycles. The smallest absolute Gasteiger partial charge is 0.326 e. The maximum Gasteiger partial charge on any atom is 0.326 e. The highest BCUT2D eigenvalue weighted by Gasteiger charge is 2.33. The van der Waals surface area contributed by atoms with E-state index in [9.17, 15) is 9.59 Å². The molecule has 5 heteroatoms. The Morgan fingerprint density at radius 3 is 2.50 bits per heavy atom. The summed E-state index contributed by atoms with van der Waals surface area (Å²) in [6.07, 6.45) is 0.314. The van der Waals surface area contributed by atoms with Crippen LogP contribution >= 0.6 is 0 Å². The molecule has 5 nitrogen and oxygen atoms in total. The van der Waals surface area contributed by atoms with Crippen LogP contribution in [0.1, 0.15) is 11.1 Å². The molecule has 0 spiro atoms. The lowest BCUT2D eigenvalue weighted by Crippen LogP contribution is -2.50. The number of nitrogens with two attached hydrogens (primary N) is 1. The number of rotatable bonds is 1. The molecule has 0 aliphatic carbocycles. The highest BCUT2D eigenvalue weighted by atomic mass is 16.4. The molecule has 1 aromatic rings. The number of nitrogens with zero attached hydrogens (tertiary/aromatic N) is 1.